The molecule has 6 heteroatoms. The van der Waals surface area contributed by atoms with Gasteiger partial charge in [-0.2, -0.15) is 0 Å². The highest BCUT2D eigenvalue weighted by molar-refractivity contribution is 5.76. The van der Waals surface area contributed by atoms with Crippen LogP contribution in [-0.2, 0) is 15.1 Å². The zero-order chi connectivity index (χ0) is 22.6. The number of aromatic nitrogens is 2. The molecule has 0 bridgehead atoms. The summed E-state index contributed by atoms with van der Waals surface area (Å²) in [6.07, 6.45) is -1.81. The van der Waals surface area contributed by atoms with E-state index in [0.29, 0.717) is 22.5 Å². The summed E-state index contributed by atoms with van der Waals surface area (Å²) in [7, 11) is -2.94. The number of methoxy groups -OCH3 is 1. The molecule has 0 saturated carbocycles. The third kappa shape index (κ3) is 3.73. The minimum absolute atomic E-state index is 0.185. The van der Waals surface area contributed by atoms with Crippen LogP contribution in [0.4, 0.5) is 0 Å². The van der Waals surface area contributed by atoms with Gasteiger partial charge in [0.05, 0.1) is 4.11 Å². The van der Waals surface area contributed by atoms with Crippen LogP contribution in [0.2, 0.25) is 0 Å². The molecule has 0 aliphatic heterocycles. The van der Waals surface area contributed by atoms with E-state index in [0.717, 1.165) is 0 Å². The summed E-state index contributed by atoms with van der Waals surface area (Å²) in [4.78, 5) is 20.8. The maximum absolute atomic E-state index is 12.5. The van der Waals surface area contributed by atoms with Gasteiger partial charge in [-0.1, -0.05) is 60.7 Å². The van der Waals surface area contributed by atoms with Crippen molar-refractivity contribution in [3.63, 3.8) is 0 Å². The predicted molar refractivity (Wildman–Crippen MR) is 104 cm³/mol. The summed E-state index contributed by atoms with van der Waals surface area (Å²) in [6, 6.07) is 18.1. The van der Waals surface area contributed by atoms with Crippen molar-refractivity contribution in [1.82, 2.24) is 9.97 Å². The van der Waals surface area contributed by atoms with Crippen LogP contribution in [0.1, 0.15) is 26.6 Å². The third-order valence-corrected chi connectivity index (χ3v) is 4.34. The Morgan fingerprint density at radius 3 is 1.93 bits per heavy atom. The average Bonchev–Trinajstić information content (AvgIpc) is 2.70. The summed E-state index contributed by atoms with van der Waals surface area (Å²) in [5.74, 6) is -1.43. The Labute approximate surface area is 168 Å². The van der Waals surface area contributed by atoms with Crippen LogP contribution >= 0.6 is 0 Å². The molecule has 0 aliphatic rings. The molecule has 0 aliphatic carbocycles. The average molecular weight is 381 g/mol. The van der Waals surface area contributed by atoms with E-state index in [1.54, 1.807) is 80.6 Å². The molecule has 1 aromatic heterocycles. The number of hydrogen-bond donors (Lipinski definition) is 1. The number of aryl methyl sites for hydroxylation is 2. The second-order valence-electron chi connectivity index (χ2n) is 6.34. The molecule has 0 saturated heterocycles. The van der Waals surface area contributed by atoms with Crippen molar-refractivity contribution < 1.29 is 23.5 Å². The van der Waals surface area contributed by atoms with Gasteiger partial charge in [0.1, 0.15) is 0 Å². The fraction of sp³-hybridized carbons (Fsp3) is 0.227. The number of benzene rings is 2. The molecule has 0 unspecified atom stereocenters. The minimum Gasteiger partial charge on any atom is -0.478 e. The second-order valence-corrected chi connectivity index (χ2v) is 6.34. The quantitative estimate of drug-likeness (QED) is 0.674. The fourth-order valence-corrected chi connectivity index (χ4v) is 3.17. The normalized spacial score (nSPS) is 14.4. The van der Waals surface area contributed by atoms with Crippen molar-refractivity contribution in [2.45, 2.75) is 25.6 Å². The number of nitrogens with zero attached hydrogens (tertiary/aromatic N) is 2. The van der Waals surface area contributed by atoms with Crippen molar-refractivity contribution >= 4 is 5.97 Å². The smallest absolute Gasteiger partial charge is 0.348 e. The Morgan fingerprint density at radius 2 is 1.50 bits per heavy atom. The van der Waals surface area contributed by atoms with Gasteiger partial charge in [-0.15, -0.1) is 0 Å². The molecule has 1 atom stereocenters. The molecule has 28 heavy (non-hydrogen) atoms. The lowest BCUT2D eigenvalue weighted by Crippen LogP contribution is -2.50. The molecule has 0 amide bonds. The molecule has 144 valence electrons. The molecule has 0 spiro atoms. The zero-order valence-corrected chi connectivity index (χ0v) is 15.5. The van der Waals surface area contributed by atoms with Gasteiger partial charge in [0, 0.05) is 18.4 Å². The number of carbonyl (C=O) groups is 1. The van der Waals surface area contributed by atoms with Gasteiger partial charge in [0.25, 0.3) is 0 Å². The monoisotopic (exact) mass is 381 g/mol. The first-order valence-electron chi connectivity index (χ1n) is 10.1. The number of ether oxygens (including phenoxy) is 2. The highest BCUT2D eigenvalue weighted by Gasteiger charge is 2.49. The van der Waals surface area contributed by atoms with E-state index in [9.17, 15) is 9.90 Å². The lowest BCUT2D eigenvalue weighted by atomic mass is 9.81. The highest BCUT2D eigenvalue weighted by Crippen LogP contribution is 2.38. The Bertz CT molecular complexity index is 984. The van der Waals surface area contributed by atoms with Crippen molar-refractivity contribution in [3.05, 3.63) is 89.2 Å². The number of hydrogen-bond acceptors (Lipinski definition) is 5. The Kier molecular flexibility index (Phi) is 4.61. The molecule has 3 aromatic rings. The Balaban J connectivity index is 2.28. The van der Waals surface area contributed by atoms with E-state index >= 15 is 0 Å². The molecule has 2 aromatic carbocycles. The van der Waals surface area contributed by atoms with E-state index in [2.05, 4.69) is 9.97 Å². The Morgan fingerprint density at radius 1 is 1.00 bits per heavy atom. The van der Waals surface area contributed by atoms with Gasteiger partial charge in [0.2, 0.25) is 6.10 Å². The van der Waals surface area contributed by atoms with E-state index in [-0.39, 0.29) is 6.01 Å². The number of aliphatic carboxylic acids is 1. The van der Waals surface area contributed by atoms with Crippen molar-refractivity contribution in [1.29, 1.82) is 0 Å². The number of carboxylic acids is 1. The highest BCUT2D eigenvalue weighted by atomic mass is 16.6. The van der Waals surface area contributed by atoms with Crippen LogP contribution < -0.4 is 4.74 Å². The maximum atomic E-state index is 12.5. The van der Waals surface area contributed by atoms with Crippen LogP contribution in [0, 0.1) is 13.8 Å². The summed E-state index contributed by atoms with van der Waals surface area (Å²) in [6.45, 7) is 3.44. The fourth-order valence-electron chi connectivity index (χ4n) is 3.17. The van der Waals surface area contributed by atoms with E-state index < -0.39 is 24.7 Å². The number of carboxylic acid groups (broad SMARTS) is 1. The van der Waals surface area contributed by atoms with E-state index in [1.165, 1.54) is 0 Å². The third-order valence-electron chi connectivity index (χ3n) is 4.34. The first-order valence-corrected chi connectivity index (χ1v) is 8.65. The van der Waals surface area contributed by atoms with Crippen LogP contribution in [0.25, 0.3) is 0 Å². The standard InChI is InChI=1S/C22H22N2O4/c1-15-14-16(2)24-21(23-15)28-19(20(25)26)22(27-3,17-10-6-4-7-11-17)18-12-8-5-9-13-18/h4-14,19H,1-3H3,(H,25,26)/t19-/m1/s1/i3D3. The van der Waals surface area contributed by atoms with Gasteiger partial charge in [0.15, 0.2) is 5.60 Å². The van der Waals surface area contributed by atoms with Crippen LogP contribution in [0.3, 0.4) is 0 Å². The van der Waals surface area contributed by atoms with Gasteiger partial charge < -0.3 is 14.6 Å². The SMILES string of the molecule is [2H]C([2H])([2H])OC(c1ccccc1)(c1ccccc1)[C@H](Oc1nc(C)cc(C)n1)C(=O)O. The first kappa shape index (κ1) is 15.8. The van der Waals surface area contributed by atoms with Crippen molar-refractivity contribution in [2.75, 3.05) is 7.04 Å². The summed E-state index contributed by atoms with van der Waals surface area (Å²) in [5.41, 5.74) is -0.259. The predicted octanol–water partition coefficient (Wildman–Crippen LogP) is 3.52. The van der Waals surface area contributed by atoms with Gasteiger partial charge in [-0.3, -0.25) is 0 Å². The molecule has 0 fully saturated rings. The van der Waals surface area contributed by atoms with Crippen LogP contribution in [0.5, 0.6) is 6.01 Å². The Hall–Kier alpha value is -3.25. The largest absolute Gasteiger partial charge is 0.478 e. The topological polar surface area (TPSA) is 81.5 Å². The second kappa shape index (κ2) is 8.19. The summed E-state index contributed by atoms with van der Waals surface area (Å²) in [5, 5.41) is 10.2. The zero-order valence-electron chi connectivity index (χ0n) is 18.5. The van der Waals surface area contributed by atoms with Crippen molar-refractivity contribution in [3.8, 4) is 6.01 Å². The lowest BCUT2D eigenvalue weighted by molar-refractivity contribution is -0.160. The molecule has 1 heterocycles. The molecular formula is C22H22N2O4. The maximum Gasteiger partial charge on any atom is 0.348 e. The van der Waals surface area contributed by atoms with Crippen LogP contribution in [0.15, 0.2) is 66.7 Å². The van der Waals surface area contributed by atoms with Crippen molar-refractivity contribution in [2.24, 2.45) is 0 Å². The first-order chi connectivity index (χ1) is 14.6. The van der Waals surface area contributed by atoms with Gasteiger partial charge in [-0.05, 0) is 31.0 Å². The minimum atomic E-state index is -2.94. The summed E-state index contributed by atoms with van der Waals surface area (Å²) >= 11 is 0. The molecule has 0 radical (unpaired) electrons. The van der Waals surface area contributed by atoms with E-state index in [4.69, 9.17) is 13.6 Å². The lowest BCUT2D eigenvalue weighted by Gasteiger charge is -2.37. The van der Waals surface area contributed by atoms with Gasteiger partial charge in [-0.25, -0.2) is 14.8 Å². The molecule has 1 N–H and O–H groups in total. The molecule has 3 rings (SSSR count). The van der Waals surface area contributed by atoms with E-state index in [1.807, 2.05) is 0 Å². The van der Waals surface area contributed by atoms with Gasteiger partial charge >= 0.3 is 12.0 Å². The molecular weight excluding hydrogens is 356 g/mol. The molecule has 6 nitrogen and oxygen atoms in total. The van der Waals surface area contributed by atoms with Crippen LogP contribution in [-0.4, -0.2) is 34.2 Å². The number of rotatable bonds is 7. The summed E-state index contributed by atoms with van der Waals surface area (Å²) < 4.78 is 34.8.